The Hall–Kier alpha value is -9.96. The first kappa shape index (κ1) is 49.5. The summed E-state index contributed by atoms with van der Waals surface area (Å²) in [6, 6.07) is 96.5. The van der Waals surface area contributed by atoms with Crippen LogP contribution < -0.4 is 14.7 Å². The standard InChI is InChI=1S/C32H22N4.C20H12BrN3.C13H12/c33-23-25-21-26(24-34)32(36(29-17-9-3-10-18-29)30-19-11-4-12-20-30)22-31(25)35(27-13-5-1-6-14-27)28-15-7-2-8-16-28;21-19-12-20(16(14-23)11-15(19)13-22)24(17-7-3-1-4-8-17)18-9-5-2-6-10-18;1-3-7-12(8-4-1)11-13-9-5-2-6-10-13/h1-22H;1-12H;1-10H,11H2. The number of benzene rings is 10. The van der Waals surface area contributed by atoms with Crippen LogP contribution in [0, 0.1) is 45.3 Å². The largest absolute Gasteiger partial charge is 0.309 e. The van der Waals surface area contributed by atoms with Gasteiger partial charge in [0, 0.05) is 38.6 Å². The van der Waals surface area contributed by atoms with Crippen LogP contribution in [-0.4, -0.2) is 0 Å². The lowest BCUT2D eigenvalue weighted by molar-refractivity contribution is 1.19. The van der Waals surface area contributed by atoms with Crippen LogP contribution in [0.5, 0.6) is 0 Å². The van der Waals surface area contributed by atoms with Crippen molar-refractivity contribution in [1.29, 1.82) is 21.0 Å². The number of hydrogen-bond donors (Lipinski definition) is 0. The number of halogens is 1. The summed E-state index contributed by atoms with van der Waals surface area (Å²) >= 11 is 3.43. The summed E-state index contributed by atoms with van der Waals surface area (Å²) in [5.41, 5.74) is 12.1. The fraction of sp³-hybridized carbons (Fsp3) is 0.0154. The van der Waals surface area contributed by atoms with E-state index in [1.165, 1.54) is 11.1 Å². The molecule has 0 saturated carbocycles. The highest BCUT2D eigenvalue weighted by Gasteiger charge is 2.23. The van der Waals surface area contributed by atoms with Crippen LogP contribution >= 0.6 is 15.9 Å². The second-order valence-electron chi connectivity index (χ2n) is 16.4. The molecule has 10 rings (SSSR count). The van der Waals surface area contributed by atoms with Crippen molar-refractivity contribution in [3.05, 3.63) is 305 Å². The average molecular weight is 1010 g/mol. The molecule has 10 aromatic carbocycles. The summed E-state index contributed by atoms with van der Waals surface area (Å²) in [5.74, 6) is 0. The van der Waals surface area contributed by atoms with Crippen LogP contribution in [0.4, 0.5) is 51.2 Å². The summed E-state index contributed by atoms with van der Waals surface area (Å²) in [7, 11) is 0. The Morgan fingerprint density at radius 1 is 0.274 bits per heavy atom. The van der Waals surface area contributed by atoms with Crippen molar-refractivity contribution in [3.8, 4) is 24.3 Å². The van der Waals surface area contributed by atoms with E-state index in [0.29, 0.717) is 38.1 Å². The minimum Gasteiger partial charge on any atom is -0.309 e. The quantitative estimate of drug-likeness (QED) is 0.127. The first-order valence-corrected chi connectivity index (χ1v) is 24.2. The number of anilines is 9. The molecule has 0 aliphatic carbocycles. The highest BCUT2D eigenvalue weighted by Crippen LogP contribution is 2.44. The van der Waals surface area contributed by atoms with Crippen molar-refractivity contribution in [1.82, 2.24) is 0 Å². The third-order valence-corrected chi connectivity index (χ3v) is 12.2. The highest BCUT2D eigenvalue weighted by atomic mass is 79.9. The van der Waals surface area contributed by atoms with Gasteiger partial charge in [-0.05, 0) is 131 Å². The molecule has 0 aliphatic rings. The van der Waals surface area contributed by atoms with Gasteiger partial charge >= 0.3 is 0 Å². The average Bonchev–Trinajstić information content (AvgIpc) is 3.46. The molecule has 348 valence electrons. The highest BCUT2D eigenvalue weighted by molar-refractivity contribution is 9.10. The summed E-state index contributed by atoms with van der Waals surface area (Å²) in [6.45, 7) is 0. The molecule has 0 aromatic heterocycles. The summed E-state index contributed by atoms with van der Waals surface area (Å²) in [6.07, 6.45) is 1.03. The van der Waals surface area contributed by atoms with Crippen molar-refractivity contribution < 1.29 is 0 Å². The molecule has 0 bridgehead atoms. The van der Waals surface area contributed by atoms with Gasteiger partial charge < -0.3 is 14.7 Å². The number of hydrogen-bond acceptors (Lipinski definition) is 7. The van der Waals surface area contributed by atoms with E-state index in [-0.39, 0.29) is 0 Å². The van der Waals surface area contributed by atoms with E-state index in [9.17, 15) is 21.0 Å². The first-order chi connectivity index (χ1) is 36.0. The lowest BCUT2D eigenvalue weighted by atomic mass is 10.0. The van der Waals surface area contributed by atoms with E-state index >= 15 is 0 Å². The maximum Gasteiger partial charge on any atom is 0.101 e. The summed E-state index contributed by atoms with van der Waals surface area (Å²) in [4.78, 5) is 6.11. The number of nitriles is 4. The van der Waals surface area contributed by atoms with Gasteiger partial charge in [-0.15, -0.1) is 0 Å². The Morgan fingerprint density at radius 2 is 0.493 bits per heavy atom. The van der Waals surface area contributed by atoms with Crippen molar-refractivity contribution in [2.24, 2.45) is 0 Å². The fourth-order valence-corrected chi connectivity index (χ4v) is 8.64. The van der Waals surface area contributed by atoms with Gasteiger partial charge in [0.25, 0.3) is 0 Å². The molecule has 0 aliphatic heterocycles. The molecule has 0 fully saturated rings. The zero-order valence-electron chi connectivity index (χ0n) is 39.6. The Balaban J connectivity index is 0.000000164. The third kappa shape index (κ3) is 12.4. The van der Waals surface area contributed by atoms with Crippen molar-refractivity contribution in [3.63, 3.8) is 0 Å². The Bertz CT molecular complexity index is 3250. The second-order valence-corrected chi connectivity index (χ2v) is 17.2. The number of rotatable bonds is 11. The summed E-state index contributed by atoms with van der Waals surface area (Å²) < 4.78 is 0.663. The van der Waals surface area contributed by atoms with Crippen LogP contribution in [0.1, 0.15) is 33.4 Å². The Labute approximate surface area is 435 Å². The van der Waals surface area contributed by atoms with Crippen LogP contribution in [0.2, 0.25) is 0 Å². The van der Waals surface area contributed by atoms with Gasteiger partial charge in [0.15, 0.2) is 0 Å². The molecule has 0 amide bonds. The lowest BCUT2D eigenvalue weighted by Gasteiger charge is -2.30. The fourth-order valence-electron chi connectivity index (χ4n) is 8.22. The number of nitrogens with zero attached hydrogens (tertiary/aromatic N) is 7. The van der Waals surface area contributed by atoms with Gasteiger partial charge in [-0.2, -0.15) is 21.0 Å². The Morgan fingerprint density at radius 3 is 0.740 bits per heavy atom. The van der Waals surface area contributed by atoms with Gasteiger partial charge in [0.1, 0.15) is 24.3 Å². The van der Waals surface area contributed by atoms with Crippen molar-refractivity contribution >= 4 is 67.1 Å². The van der Waals surface area contributed by atoms with Gasteiger partial charge in [-0.25, -0.2) is 0 Å². The summed E-state index contributed by atoms with van der Waals surface area (Å²) in [5, 5.41) is 39.1. The molecule has 7 nitrogen and oxygen atoms in total. The predicted octanol–water partition coefficient (Wildman–Crippen LogP) is 17.3. The predicted molar refractivity (Wildman–Crippen MR) is 299 cm³/mol. The topological polar surface area (TPSA) is 105 Å². The third-order valence-electron chi connectivity index (χ3n) is 11.6. The zero-order valence-corrected chi connectivity index (χ0v) is 41.2. The van der Waals surface area contributed by atoms with E-state index in [0.717, 1.165) is 46.2 Å². The molecule has 0 atom stereocenters. The molecule has 10 aromatic rings. The molecule has 0 radical (unpaired) electrons. The van der Waals surface area contributed by atoms with Gasteiger partial charge in [0.2, 0.25) is 0 Å². The van der Waals surface area contributed by atoms with Gasteiger partial charge in [0.05, 0.1) is 39.3 Å². The van der Waals surface area contributed by atoms with E-state index in [1.807, 2.05) is 199 Å². The van der Waals surface area contributed by atoms with Gasteiger partial charge in [-0.3, -0.25) is 0 Å². The van der Waals surface area contributed by atoms with Crippen molar-refractivity contribution in [2.75, 3.05) is 14.7 Å². The van der Waals surface area contributed by atoms with E-state index < -0.39 is 0 Å². The maximum atomic E-state index is 10.1. The van der Waals surface area contributed by atoms with Gasteiger partial charge in [-0.1, -0.05) is 170 Å². The number of para-hydroxylation sites is 6. The molecule has 0 saturated heterocycles. The molecule has 73 heavy (non-hydrogen) atoms. The molecular formula is C65H46BrN7. The van der Waals surface area contributed by atoms with E-state index in [4.69, 9.17) is 0 Å². The molecule has 0 heterocycles. The minimum absolute atomic E-state index is 0.420. The Kier molecular flexibility index (Phi) is 17.0. The zero-order chi connectivity index (χ0) is 50.6. The molecule has 0 N–H and O–H groups in total. The van der Waals surface area contributed by atoms with E-state index in [2.05, 4.69) is 111 Å². The first-order valence-electron chi connectivity index (χ1n) is 23.4. The normalized spacial score (nSPS) is 9.99. The smallest absolute Gasteiger partial charge is 0.101 e. The van der Waals surface area contributed by atoms with Crippen LogP contribution in [0.15, 0.2) is 271 Å². The molecular weight excluding hydrogens is 959 g/mol. The maximum absolute atomic E-state index is 10.1. The SMILES string of the molecule is N#Cc1cc(C#N)c(N(c2ccccc2)c2ccccc2)cc1Br.N#Cc1cc(C#N)c(N(c2ccccc2)c2ccccc2)cc1N(c1ccccc1)c1ccccc1.c1ccc(Cc2ccccc2)cc1. The molecule has 8 heteroatoms. The second kappa shape index (κ2) is 25.1. The van der Waals surface area contributed by atoms with Crippen LogP contribution in [0.25, 0.3) is 0 Å². The lowest BCUT2D eigenvalue weighted by Crippen LogP contribution is -2.15. The monoisotopic (exact) mass is 1000 g/mol. The van der Waals surface area contributed by atoms with Crippen LogP contribution in [-0.2, 0) is 6.42 Å². The van der Waals surface area contributed by atoms with Crippen LogP contribution in [0.3, 0.4) is 0 Å². The van der Waals surface area contributed by atoms with E-state index in [1.54, 1.807) is 12.1 Å². The molecule has 0 unspecified atom stereocenters. The minimum atomic E-state index is 0.420. The van der Waals surface area contributed by atoms with Crippen molar-refractivity contribution in [2.45, 2.75) is 6.42 Å². The molecule has 0 spiro atoms.